The van der Waals surface area contributed by atoms with Gasteiger partial charge in [0.25, 0.3) is 5.56 Å². The molecular weight excluding hydrogens is 517 g/mol. The monoisotopic (exact) mass is 543 g/mol. The smallest absolute Gasteiger partial charge is 0.331 e. The largest absolute Gasteiger partial charge is 0.454 e. The number of carbonyl (C=O) groups is 2. The zero-order chi connectivity index (χ0) is 28.2. The van der Waals surface area contributed by atoms with Crippen molar-refractivity contribution in [2.45, 2.75) is 32.4 Å². The average Bonchev–Trinajstić information content (AvgIpc) is 3.42. The number of ether oxygens (including phenoxy) is 2. The van der Waals surface area contributed by atoms with E-state index in [9.17, 15) is 23.6 Å². The number of amides is 1. The number of nitrogens with zero attached hydrogens (tertiary/aromatic N) is 2. The van der Waals surface area contributed by atoms with E-state index >= 15 is 0 Å². The van der Waals surface area contributed by atoms with Crippen LogP contribution in [-0.2, 0) is 24.3 Å². The van der Waals surface area contributed by atoms with E-state index in [0.29, 0.717) is 29.9 Å². The second-order valence-electron chi connectivity index (χ2n) is 9.30. The molecule has 0 saturated carbocycles. The summed E-state index contributed by atoms with van der Waals surface area (Å²) in [5.74, 6) is -0.0324. The molecule has 1 amide bonds. The van der Waals surface area contributed by atoms with Gasteiger partial charge in [-0.3, -0.25) is 23.5 Å². The molecule has 4 aromatic rings. The third-order valence-electron chi connectivity index (χ3n) is 6.59. The minimum absolute atomic E-state index is 0.0822. The molecular formula is C30H26FN3O6. The number of fused-ring (bicyclic) bond motifs is 2. The summed E-state index contributed by atoms with van der Waals surface area (Å²) in [5.41, 5.74) is 0.362. The summed E-state index contributed by atoms with van der Waals surface area (Å²) < 4.78 is 26.5. The van der Waals surface area contributed by atoms with Gasteiger partial charge in [0, 0.05) is 24.2 Å². The van der Waals surface area contributed by atoms with E-state index in [-0.39, 0.29) is 42.1 Å². The van der Waals surface area contributed by atoms with Gasteiger partial charge in [0.15, 0.2) is 17.3 Å². The molecule has 1 aliphatic rings. The number of hydrogen-bond donors (Lipinski definition) is 1. The first kappa shape index (κ1) is 26.6. The number of hydrogen-bond acceptors (Lipinski definition) is 6. The zero-order valence-electron chi connectivity index (χ0n) is 21.5. The van der Waals surface area contributed by atoms with Crippen molar-refractivity contribution in [1.82, 2.24) is 9.13 Å². The number of carbonyl (C=O) groups excluding carboxylic acids is 2. The van der Waals surface area contributed by atoms with E-state index in [1.165, 1.54) is 30.3 Å². The molecule has 0 fully saturated rings. The second-order valence-corrected chi connectivity index (χ2v) is 9.30. The number of benzene rings is 3. The molecule has 0 unspecified atom stereocenters. The van der Waals surface area contributed by atoms with Gasteiger partial charge in [-0.05, 0) is 60.9 Å². The molecule has 40 heavy (non-hydrogen) atoms. The van der Waals surface area contributed by atoms with E-state index in [1.54, 1.807) is 18.2 Å². The summed E-state index contributed by atoms with van der Waals surface area (Å²) in [5, 5.41) is 2.76. The van der Waals surface area contributed by atoms with Crippen LogP contribution in [0.15, 0.2) is 82.9 Å². The number of aryl methyl sites for hydroxylation is 1. The highest BCUT2D eigenvalue weighted by Crippen LogP contribution is 2.32. The first-order chi connectivity index (χ1) is 19.3. The predicted molar refractivity (Wildman–Crippen MR) is 148 cm³/mol. The molecule has 0 bridgehead atoms. The van der Waals surface area contributed by atoms with Crippen molar-refractivity contribution in [3.63, 3.8) is 0 Å². The lowest BCUT2D eigenvalue weighted by molar-refractivity contribution is -0.116. The van der Waals surface area contributed by atoms with Gasteiger partial charge in [-0.1, -0.05) is 24.3 Å². The highest BCUT2D eigenvalue weighted by molar-refractivity contribution is 5.99. The summed E-state index contributed by atoms with van der Waals surface area (Å²) in [4.78, 5) is 52.6. The fourth-order valence-electron chi connectivity index (χ4n) is 4.57. The molecule has 9 nitrogen and oxygen atoms in total. The molecule has 0 saturated heterocycles. The first-order valence-electron chi connectivity index (χ1n) is 12.7. The molecule has 0 atom stereocenters. The topological polar surface area (TPSA) is 109 Å². The van der Waals surface area contributed by atoms with Crippen LogP contribution in [0.1, 0.15) is 28.8 Å². The van der Waals surface area contributed by atoms with Crippen molar-refractivity contribution in [3.8, 4) is 11.5 Å². The molecule has 0 radical (unpaired) electrons. The number of ketones is 1. The molecule has 1 aromatic heterocycles. The summed E-state index contributed by atoms with van der Waals surface area (Å²) in [6, 6.07) is 15.4. The molecule has 0 spiro atoms. The Balaban J connectivity index is 1.46. The molecule has 0 aliphatic carbocycles. The lowest BCUT2D eigenvalue weighted by atomic mass is 10.0. The average molecular weight is 544 g/mol. The summed E-state index contributed by atoms with van der Waals surface area (Å²) >= 11 is 0. The SMILES string of the molecule is C=CCCn1c(=O)c2ccc(C(=O)CCc3ccc4c(c3)OCO4)cc2n(CC(=O)Nc2cccc(F)c2)c1=O. The molecule has 204 valence electrons. The van der Waals surface area contributed by atoms with Crippen LogP contribution in [0.4, 0.5) is 10.1 Å². The zero-order valence-corrected chi connectivity index (χ0v) is 21.5. The Labute approximate surface area is 228 Å². The third kappa shape index (κ3) is 5.56. The Hall–Kier alpha value is -4.99. The van der Waals surface area contributed by atoms with Crippen molar-refractivity contribution in [2.75, 3.05) is 12.1 Å². The van der Waals surface area contributed by atoms with Crippen molar-refractivity contribution in [3.05, 3.63) is 111 Å². The standard InChI is InChI=1S/C30H26FN3O6/c1-2-3-13-33-29(37)23-10-9-20(25(35)11-7-19-8-12-26-27(14-19)40-18-39-26)15-24(23)34(30(33)38)17-28(36)32-22-6-4-5-21(31)16-22/h2,4-6,8-10,12,14-16H,1,3,7,11,13,17-18H2,(H,32,36). The minimum atomic E-state index is -0.696. The van der Waals surface area contributed by atoms with Gasteiger partial charge in [0.1, 0.15) is 12.4 Å². The molecule has 2 heterocycles. The van der Waals surface area contributed by atoms with Gasteiger partial charge >= 0.3 is 5.69 Å². The van der Waals surface area contributed by atoms with Gasteiger partial charge < -0.3 is 14.8 Å². The van der Waals surface area contributed by atoms with Crippen molar-refractivity contribution >= 4 is 28.3 Å². The second kappa shape index (κ2) is 11.4. The summed E-state index contributed by atoms with van der Waals surface area (Å²) in [6.45, 7) is 3.43. The van der Waals surface area contributed by atoms with Gasteiger partial charge in [-0.25, -0.2) is 9.18 Å². The molecule has 10 heteroatoms. The van der Waals surface area contributed by atoms with Crippen LogP contribution >= 0.6 is 0 Å². The number of rotatable bonds is 10. The Morgan fingerprint density at radius 1 is 1.00 bits per heavy atom. The maximum absolute atomic E-state index is 13.6. The Bertz CT molecular complexity index is 1760. The van der Waals surface area contributed by atoms with Gasteiger partial charge in [-0.15, -0.1) is 6.58 Å². The van der Waals surface area contributed by atoms with Crippen LogP contribution in [0.5, 0.6) is 11.5 Å². The van der Waals surface area contributed by atoms with Crippen LogP contribution < -0.4 is 26.0 Å². The van der Waals surface area contributed by atoms with Gasteiger partial charge in [-0.2, -0.15) is 0 Å². The Kier molecular flexibility index (Phi) is 7.59. The van der Waals surface area contributed by atoms with E-state index in [0.717, 1.165) is 20.8 Å². The molecule has 5 rings (SSSR count). The number of nitrogens with one attached hydrogen (secondary N) is 1. The summed E-state index contributed by atoms with van der Waals surface area (Å²) in [7, 11) is 0. The van der Waals surface area contributed by atoms with E-state index < -0.39 is 29.5 Å². The van der Waals surface area contributed by atoms with Crippen molar-refractivity contribution < 1.29 is 23.5 Å². The lowest BCUT2D eigenvalue weighted by Crippen LogP contribution is -2.41. The minimum Gasteiger partial charge on any atom is -0.454 e. The number of anilines is 1. The quantitative estimate of drug-likeness (QED) is 0.239. The normalized spacial score (nSPS) is 11.9. The first-order valence-corrected chi connectivity index (χ1v) is 12.7. The molecule has 1 N–H and O–H groups in total. The third-order valence-corrected chi connectivity index (χ3v) is 6.59. The fraction of sp³-hybridized carbons (Fsp3) is 0.200. The van der Waals surface area contributed by atoms with Crippen LogP contribution in [0, 0.1) is 5.82 Å². The van der Waals surface area contributed by atoms with Gasteiger partial charge in [0.2, 0.25) is 12.7 Å². The van der Waals surface area contributed by atoms with Crippen LogP contribution in [0.3, 0.4) is 0 Å². The van der Waals surface area contributed by atoms with Crippen molar-refractivity contribution in [2.24, 2.45) is 0 Å². The predicted octanol–water partition coefficient (Wildman–Crippen LogP) is 4.06. The van der Waals surface area contributed by atoms with Crippen LogP contribution in [0.25, 0.3) is 10.9 Å². The van der Waals surface area contributed by atoms with Gasteiger partial charge in [0.05, 0.1) is 10.9 Å². The lowest BCUT2D eigenvalue weighted by Gasteiger charge is -2.15. The summed E-state index contributed by atoms with van der Waals surface area (Å²) in [6.07, 6.45) is 2.57. The van der Waals surface area contributed by atoms with Crippen LogP contribution in [0.2, 0.25) is 0 Å². The maximum atomic E-state index is 13.6. The van der Waals surface area contributed by atoms with E-state index in [4.69, 9.17) is 9.47 Å². The Morgan fingerprint density at radius 3 is 2.62 bits per heavy atom. The van der Waals surface area contributed by atoms with E-state index in [1.807, 2.05) is 12.1 Å². The van der Waals surface area contributed by atoms with Crippen LogP contribution in [-0.4, -0.2) is 27.6 Å². The number of Topliss-reactive ketones (excluding diaryl/α,β-unsaturated/α-hetero) is 1. The van der Waals surface area contributed by atoms with E-state index in [2.05, 4.69) is 11.9 Å². The fourth-order valence-corrected chi connectivity index (χ4v) is 4.57. The number of halogens is 1. The number of allylic oxidation sites excluding steroid dienone is 1. The van der Waals surface area contributed by atoms with Crippen molar-refractivity contribution in [1.29, 1.82) is 0 Å². The highest BCUT2D eigenvalue weighted by Gasteiger charge is 2.18. The highest BCUT2D eigenvalue weighted by atomic mass is 19.1. The Morgan fingerprint density at radius 2 is 1.82 bits per heavy atom. The maximum Gasteiger partial charge on any atom is 0.331 e. The molecule has 3 aromatic carbocycles. The number of aromatic nitrogens is 2. The molecule has 1 aliphatic heterocycles.